The van der Waals surface area contributed by atoms with Gasteiger partial charge in [0.1, 0.15) is 5.75 Å². The van der Waals surface area contributed by atoms with Gasteiger partial charge in [0.25, 0.3) is 0 Å². The van der Waals surface area contributed by atoms with Gasteiger partial charge < -0.3 is 15.4 Å². The van der Waals surface area contributed by atoms with Crippen LogP contribution < -0.4 is 15.4 Å². The van der Waals surface area contributed by atoms with Gasteiger partial charge in [0.05, 0.1) is 13.2 Å². The molecule has 0 fully saturated rings. The molecule has 0 aliphatic heterocycles. The molecule has 21 heavy (non-hydrogen) atoms. The van der Waals surface area contributed by atoms with Gasteiger partial charge in [0.15, 0.2) is 5.96 Å². The average Bonchev–Trinajstić information content (AvgIpc) is 2.49. The standard InChI is InChI=1S/C17H27N3O/c1-5-10-19-17(18-7-3)20-13-15-9-8-14(4)12-16(15)21-11-6-2/h5,8-9,12H,1,6-7,10-11,13H2,2-4H3,(H2,18,19,20). The van der Waals surface area contributed by atoms with Gasteiger partial charge in [-0.2, -0.15) is 0 Å². The summed E-state index contributed by atoms with van der Waals surface area (Å²) in [6.45, 7) is 12.8. The van der Waals surface area contributed by atoms with E-state index >= 15 is 0 Å². The zero-order chi connectivity index (χ0) is 15.5. The normalized spacial score (nSPS) is 11.1. The molecule has 0 unspecified atom stereocenters. The van der Waals surface area contributed by atoms with Crippen LogP contribution in [0.1, 0.15) is 31.4 Å². The van der Waals surface area contributed by atoms with Crippen molar-refractivity contribution in [3.05, 3.63) is 42.0 Å². The predicted octanol–water partition coefficient (Wildman–Crippen LogP) is 3.02. The molecule has 1 rings (SSSR count). The summed E-state index contributed by atoms with van der Waals surface area (Å²) in [7, 11) is 0. The van der Waals surface area contributed by atoms with Crippen molar-refractivity contribution >= 4 is 5.96 Å². The van der Waals surface area contributed by atoms with Crippen LogP contribution in [0.3, 0.4) is 0 Å². The fourth-order valence-electron chi connectivity index (χ4n) is 1.81. The topological polar surface area (TPSA) is 45.7 Å². The second-order valence-electron chi connectivity index (χ2n) is 4.82. The van der Waals surface area contributed by atoms with Gasteiger partial charge >= 0.3 is 0 Å². The van der Waals surface area contributed by atoms with E-state index < -0.39 is 0 Å². The Morgan fingerprint density at radius 3 is 2.81 bits per heavy atom. The van der Waals surface area contributed by atoms with Crippen LogP contribution in [-0.4, -0.2) is 25.7 Å². The number of nitrogens with zero attached hydrogens (tertiary/aromatic N) is 1. The number of aryl methyl sites for hydroxylation is 1. The van der Waals surface area contributed by atoms with Crippen molar-refractivity contribution in [2.24, 2.45) is 4.99 Å². The van der Waals surface area contributed by atoms with E-state index in [9.17, 15) is 0 Å². The molecule has 0 heterocycles. The first-order valence-corrected chi connectivity index (χ1v) is 7.56. The summed E-state index contributed by atoms with van der Waals surface area (Å²) in [5.74, 6) is 1.72. The van der Waals surface area contributed by atoms with E-state index in [1.807, 2.05) is 13.0 Å². The van der Waals surface area contributed by atoms with E-state index in [2.05, 4.69) is 54.3 Å². The zero-order valence-corrected chi connectivity index (χ0v) is 13.4. The summed E-state index contributed by atoms with van der Waals surface area (Å²) < 4.78 is 5.81. The molecule has 4 heteroatoms. The number of rotatable bonds is 8. The third-order valence-corrected chi connectivity index (χ3v) is 2.85. The Labute approximate surface area is 128 Å². The van der Waals surface area contributed by atoms with Crippen molar-refractivity contribution in [3.63, 3.8) is 0 Å². The maximum atomic E-state index is 5.81. The minimum Gasteiger partial charge on any atom is -0.493 e. The third-order valence-electron chi connectivity index (χ3n) is 2.85. The number of aliphatic imine (C=N–C) groups is 1. The van der Waals surface area contributed by atoms with E-state index in [1.165, 1.54) is 5.56 Å². The molecule has 1 aromatic carbocycles. The van der Waals surface area contributed by atoms with Crippen molar-refractivity contribution in [3.8, 4) is 5.75 Å². The summed E-state index contributed by atoms with van der Waals surface area (Å²) >= 11 is 0. The number of hydrogen-bond acceptors (Lipinski definition) is 2. The van der Waals surface area contributed by atoms with Crippen LogP contribution in [0.15, 0.2) is 35.8 Å². The molecule has 0 radical (unpaired) electrons. The van der Waals surface area contributed by atoms with E-state index in [0.717, 1.165) is 36.8 Å². The first kappa shape index (κ1) is 17.1. The van der Waals surface area contributed by atoms with E-state index in [1.54, 1.807) is 0 Å². The van der Waals surface area contributed by atoms with Crippen LogP contribution >= 0.6 is 0 Å². The highest BCUT2D eigenvalue weighted by atomic mass is 16.5. The monoisotopic (exact) mass is 289 g/mol. The maximum absolute atomic E-state index is 5.81. The molecule has 116 valence electrons. The molecular formula is C17H27N3O. The molecule has 0 atom stereocenters. The Bertz CT molecular complexity index is 469. The quantitative estimate of drug-likeness (QED) is 0.439. The molecular weight excluding hydrogens is 262 g/mol. The Kier molecular flexibility index (Phi) is 8.02. The lowest BCUT2D eigenvalue weighted by atomic mass is 10.1. The third kappa shape index (κ3) is 6.34. The van der Waals surface area contributed by atoms with Crippen molar-refractivity contribution in [2.75, 3.05) is 19.7 Å². The lowest BCUT2D eigenvalue weighted by molar-refractivity contribution is 0.314. The molecule has 0 spiro atoms. The highest BCUT2D eigenvalue weighted by Crippen LogP contribution is 2.21. The highest BCUT2D eigenvalue weighted by molar-refractivity contribution is 5.79. The summed E-state index contributed by atoms with van der Waals surface area (Å²) in [4.78, 5) is 4.59. The van der Waals surface area contributed by atoms with Crippen LogP contribution in [0.5, 0.6) is 5.75 Å². The van der Waals surface area contributed by atoms with Gasteiger partial charge in [0.2, 0.25) is 0 Å². The molecule has 2 N–H and O–H groups in total. The van der Waals surface area contributed by atoms with Crippen molar-refractivity contribution < 1.29 is 4.74 Å². The summed E-state index contributed by atoms with van der Waals surface area (Å²) in [6, 6.07) is 6.25. The second-order valence-corrected chi connectivity index (χ2v) is 4.82. The molecule has 0 saturated heterocycles. The number of ether oxygens (including phenoxy) is 1. The SMILES string of the molecule is C=CCNC(=NCc1ccc(C)cc1OCCC)NCC. The second kappa shape index (κ2) is 9.86. The summed E-state index contributed by atoms with van der Waals surface area (Å²) in [6.07, 6.45) is 2.81. The minimum absolute atomic E-state index is 0.589. The molecule has 0 aliphatic rings. The van der Waals surface area contributed by atoms with Gasteiger partial charge in [-0.05, 0) is 31.9 Å². The Balaban J connectivity index is 2.81. The van der Waals surface area contributed by atoms with E-state index in [0.29, 0.717) is 13.1 Å². The number of benzene rings is 1. The highest BCUT2D eigenvalue weighted by Gasteiger charge is 2.04. The molecule has 0 bridgehead atoms. The summed E-state index contributed by atoms with van der Waals surface area (Å²) in [5, 5.41) is 6.41. The molecule has 0 saturated carbocycles. The Morgan fingerprint density at radius 2 is 2.14 bits per heavy atom. The molecule has 0 aliphatic carbocycles. The fraction of sp³-hybridized carbons (Fsp3) is 0.471. The number of nitrogens with one attached hydrogen (secondary N) is 2. The summed E-state index contributed by atoms with van der Waals surface area (Å²) in [5.41, 5.74) is 2.30. The lowest BCUT2D eigenvalue weighted by Crippen LogP contribution is -2.37. The van der Waals surface area contributed by atoms with E-state index in [4.69, 9.17) is 4.74 Å². The molecule has 0 amide bonds. The fourth-order valence-corrected chi connectivity index (χ4v) is 1.81. The lowest BCUT2D eigenvalue weighted by Gasteiger charge is -2.12. The van der Waals surface area contributed by atoms with Gasteiger partial charge in [-0.1, -0.05) is 25.1 Å². The first-order chi connectivity index (χ1) is 10.2. The smallest absolute Gasteiger partial charge is 0.191 e. The van der Waals surface area contributed by atoms with Gasteiger partial charge in [0, 0.05) is 18.7 Å². The van der Waals surface area contributed by atoms with Crippen LogP contribution in [0, 0.1) is 6.92 Å². The van der Waals surface area contributed by atoms with Crippen LogP contribution in [-0.2, 0) is 6.54 Å². The molecule has 0 aromatic heterocycles. The van der Waals surface area contributed by atoms with Gasteiger partial charge in [-0.3, -0.25) is 0 Å². The minimum atomic E-state index is 0.589. The number of guanidine groups is 1. The van der Waals surface area contributed by atoms with Crippen molar-refractivity contribution in [1.82, 2.24) is 10.6 Å². The number of hydrogen-bond donors (Lipinski definition) is 2. The molecule has 4 nitrogen and oxygen atoms in total. The molecule has 1 aromatic rings. The van der Waals surface area contributed by atoms with Crippen molar-refractivity contribution in [1.29, 1.82) is 0 Å². The predicted molar refractivity (Wildman–Crippen MR) is 90.0 cm³/mol. The average molecular weight is 289 g/mol. The van der Waals surface area contributed by atoms with Gasteiger partial charge in [-0.15, -0.1) is 6.58 Å². The Morgan fingerprint density at radius 1 is 1.33 bits per heavy atom. The first-order valence-electron chi connectivity index (χ1n) is 7.56. The van der Waals surface area contributed by atoms with E-state index in [-0.39, 0.29) is 0 Å². The van der Waals surface area contributed by atoms with Gasteiger partial charge in [-0.25, -0.2) is 4.99 Å². The van der Waals surface area contributed by atoms with Crippen LogP contribution in [0.2, 0.25) is 0 Å². The maximum Gasteiger partial charge on any atom is 0.191 e. The Hall–Kier alpha value is -1.97. The van der Waals surface area contributed by atoms with Crippen molar-refractivity contribution in [2.45, 2.75) is 33.7 Å². The van der Waals surface area contributed by atoms with Crippen LogP contribution in [0.4, 0.5) is 0 Å². The zero-order valence-electron chi connectivity index (χ0n) is 13.4. The largest absolute Gasteiger partial charge is 0.493 e. The van der Waals surface area contributed by atoms with Crippen LogP contribution in [0.25, 0.3) is 0 Å².